The molecule has 6 rings (SSSR count). The van der Waals surface area contributed by atoms with E-state index in [-0.39, 0.29) is 30.0 Å². The van der Waals surface area contributed by atoms with Crippen LogP contribution in [0.3, 0.4) is 0 Å². The normalized spacial score (nSPS) is 19.8. The lowest BCUT2D eigenvalue weighted by Crippen LogP contribution is -2.43. The molecule has 13 nitrogen and oxygen atoms in total. The van der Waals surface area contributed by atoms with Gasteiger partial charge in [-0.3, -0.25) is 29.8 Å². The van der Waals surface area contributed by atoms with E-state index in [0.29, 0.717) is 74.4 Å². The average molecular weight is 678 g/mol. The summed E-state index contributed by atoms with van der Waals surface area (Å²) in [5, 5.41) is 8.88. The summed E-state index contributed by atoms with van der Waals surface area (Å²) >= 11 is 0. The molecule has 2 saturated heterocycles. The molecule has 0 unspecified atom stereocenters. The quantitative estimate of drug-likeness (QED) is 0.244. The van der Waals surface area contributed by atoms with Crippen molar-refractivity contribution < 1.29 is 19.1 Å². The van der Waals surface area contributed by atoms with Crippen LogP contribution in [0.4, 0.5) is 5.82 Å². The molecule has 260 valence electrons. The van der Waals surface area contributed by atoms with Gasteiger partial charge in [0, 0.05) is 38.8 Å². The van der Waals surface area contributed by atoms with Crippen LogP contribution in [0.15, 0.2) is 64.6 Å². The summed E-state index contributed by atoms with van der Waals surface area (Å²) in [4.78, 5) is 50.2. The van der Waals surface area contributed by atoms with Gasteiger partial charge in [-0.15, -0.1) is 0 Å². The highest BCUT2D eigenvalue weighted by Gasteiger charge is 2.51. The zero-order chi connectivity index (χ0) is 35.4. The smallest absolute Gasteiger partial charge is 0.257 e. The van der Waals surface area contributed by atoms with E-state index >= 15 is 0 Å². The fraction of sp³-hybridized carbons (Fsp3) is 0.378. The van der Waals surface area contributed by atoms with E-state index in [2.05, 4.69) is 25.9 Å². The molecule has 2 amide bonds. The van der Waals surface area contributed by atoms with Crippen LogP contribution < -0.4 is 20.1 Å². The Morgan fingerprint density at radius 2 is 1.82 bits per heavy atom. The monoisotopic (exact) mass is 677 g/mol. The molecule has 0 saturated carbocycles. The van der Waals surface area contributed by atoms with Gasteiger partial charge in [0.2, 0.25) is 11.8 Å². The van der Waals surface area contributed by atoms with E-state index in [9.17, 15) is 9.59 Å². The first-order valence-corrected chi connectivity index (χ1v) is 16.7. The van der Waals surface area contributed by atoms with Crippen LogP contribution in [0.5, 0.6) is 11.6 Å². The predicted octanol–water partition coefficient (Wildman–Crippen LogP) is 3.33. The molecule has 3 aliphatic heterocycles. The molecular formula is C37H43N9O4. The number of aliphatic imine (C=N–C) groups is 2. The number of methoxy groups -OCH3 is 2. The largest absolute Gasteiger partial charge is 0.491 e. The first-order chi connectivity index (χ1) is 24.2. The fourth-order valence-electron chi connectivity index (χ4n) is 6.92. The number of pyridine rings is 2. The van der Waals surface area contributed by atoms with Crippen LogP contribution in [-0.2, 0) is 9.59 Å². The molecule has 50 heavy (non-hydrogen) atoms. The molecule has 0 aliphatic carbocycles. The second-order valence-electron chi connectivity index (χ2n) is 12.9. The lowest BCUT2D eigenvalue weighted by molar-refractivity contribution is -0.132. The maximum atomic E-state index is 14.0. The molecule has 3 aromatic rings. The van der Waals surface area contributed by atoms with Gasteiger partial charge < -0.3 is 20.1 Å². The minimum absolute atomic E-state index is 0.0219. The standard InChI is InChI=1S/C37H43N9O4/c1-24-5-12-30(43-33(24)32(38)28-10-11-29(49-3)35(42-28)50-4)46-20-16-37(36(46)48)15-19-44(22-37)21-31(47)45-17-13-26(14-18-45)25-6-8-27(9-7-25)34(39)41-23-40-2/h5-13,23,38H,14-22H2,1-4H3,(H2,39,40,41)/t37-/m0/s1. The third kappa shape index (κ3) is 6.86. The highest BCUT2D eigenvalue weighted by molar-refractivity contribution is 6.10. The minimum Gasteiger partial charge on any atom is -0.491 e. The minimum atomic E-state index is -0.552. The number of hydrogen-bond donors (Lipinski definition) is 2. The Kier molecular flexibility index (Phi) is 10.0. The summed E-state index contributed by atoms with van der Waals surface area (Å²) in [6.45, 7) is 5.12. The summed E-state index contributed by atoms with van der Waals surface area (Å²) < 4.78 is 10.6. The van der Waals surface area contributed by atoms with Gasteiger partial charge in [0.1, 0.15) is 23.7 Å². The molecule has 3 aliphatic rings. The van der Waals surface area contributed by atoms with Crippen molar-refractivity contribution in [3.05, 3.63) is 82.7 Å². The number of aromatic nitrogens is 2. The number of nitrogens with zero attached hydrogens (tertiary/aromatic N) is 7. The Balaban J connectivity index is 1.06. The van der Waals surface area contributed by atoms with Crippen LogP contribution in [0.2, 0.25) is 0 Å². The van der Waals surface area contributed by atoms with E-state index in [1.807, 2.05) is 48.2 Å². The molecule has 13 heteroatoms. The Morgan fingerprint density at radius 3 is 2.52 bits per heavy atom. The second kappa shape index (κ2) is 14.6. The summed E-state index contributed by atoms with van der Waals surface area (Å²) in [5.74, 6) is 1.77. The van der Waals surface area contributed by atoms with Gasteiger partial charge in [-0.25, -0.2) is 15.0 Å². The number of nitrogens with one attached hydrogen (secondary N) is 1. The third-order valence-electron chi connectivity index (χ3n) is 9.82. The van der Waals surface area contributed by atoms with Crippen molar-refractivity contribution in [3.63, 3.8) is 0 Å². The van der Waals surface area contributed by atoms with E-state index in [1.165, 1.54) is 26.1 Å². The summed E-state index contributed by atoms with van der Waals surface area (Å²) in [6.07, 6.45) is 5.69. The number of carbonyl (C=O) groups is 2. The molecule has 5 heterocycles. The van der Waals surface area contributed by atoms with Crippen molar-refractivity contribution in [1.82, 2.24) is 19.8 Å². The zero-order valence-electron chi connectivity index (χ0n) is 29.0. The van der Waals surface area contributed by atoms with Gasteiger partial charge in [-0.05, 0) is 67.6 Å². The number of carbonyl (C=O) groups excluding carboxylic acids is 2. The molecule has 1 atom stereocenters. The Morgan fingerprint density at radius 1 is 1.04 bits per heavy atom. The summed E-state index contributed by atoms with van der Waals surface area (Å²) in [6, 6.07) is 15.1. The fourth-order valence-corrected chi connectivity index (χ4v) is 6.92. The van der Waals surface area contributed by atoms with Crippen LogP contribution in [-0.4, -0.2) is 110 Å². The topological polar surface area (TPSA) is 163 Å². The highest BCUT2D eigenvalue weighted by atomic mass is 16.5. The number of benzene rings is 1. The lowest BCUT2D eigenvalue weighted by Gasteiger charge is -2.29. The summed E-state index contributed by atoms with van der Waals surface area (Å²) in [5.41, 5.74) is 10.4. The zero-order valence-corrected chi connectivity index (χ0v) is 29.0. The van der Waals surface area contributed by atoms with Crippen molar-refractivity contribution in [2.24, 2.45) is 21.1 Å². The maximum absolute atomic E-state index is 14.0. The molecule has 1 aromatic carbocycles. The Hall–Kier alpha value is -5.43. The van der Waals surface area contributed by atoms with Gasteiger partial charge in [0.25, 0.3) is 5.88 Å². The van der Waals surface area contributed by atoms with Crippen LogP contribution in [0, 0.1) is 17.7 Å². The van der Waals surface area contributed by atoms with Crippen LogP contribution in [0.25, 0.3) is 5.57 Å². The van der Waals surface area contributed by atoms with Crippen molar-refractivity contribution >= 4 is 41.1 Å². The van der Waals surface area contributed by atoms with Gasteiger partial charge in [0.05, 0.1) is 37.6 Å². The van der Waals surface area contributed by atoms with Gasteiger partial charge >= 0.3 is 0 Å². The SMILES string of the molecule is CN=CN=C(N)c1ccc(C2=CCN(C(=O)CN3CC[C@]4(CCN(c5ccc(C)c(C(=N)c6ccc(OC)c(OC)n6)n5)C4=O)C3)CC2)cc1. The van der Waals surface area contributed by atoms with E-state index < -0.39 is 5.41 Å². The van der Waals surface area contributed by atoms with Crippen molar-refractivity contribution in [1.29, 1.82) is 5.41 Å². The number of anilines is 1. The third-order valence-corrected chi connectivity index (χ3v) is 9.82. The Bertz CT molecular complexity index is 1890. The molecule has 2 aromatic heterocycles. The van der Waals surface area contributed by atoms with Gasteiger partial charge in [-0.2, -0.15) is 0 Å². The van der Waals surface area contributed by atoms with E-state index in [1.54, 1.807) is 24.1 Å². The molecule has 0 radical (unpaired) electrons. The van der Waals surface area contributed by atoms with E-state index in [0.717, 1.165) is 23.1 Å². The first-order valence-electron chi connectivity index (χ1n) is 16.7. The van der Waals surface area contributed by atoms with Crippen molar-refractivity contribution in [3.8, 4) is 11.6 Å². The van der Waals surface area contributed by atoms with Crippen molar-refractivity contribution in [2.45, 2.75) is 26.2 Å². The van der Waals surface area contributed by atoms with Crippen LogP contribution in [0.1, 0.15) is 47.3 Å². The molecule has 2 fully saturated rings. The van der Waals surface area contributed by atoms with E-state index in [4.69, 9.17) is 25.6 Å². The summed E-state index contributed by atoms with van der Waals surface area (Å²) in [7, 11) is 4.68. The average Bonchev–Trinajstić information content (AvgIpc) is 3.71. The second-order valence-corrected chi connectivity index (χ2v) is 12.9. The van der Waals surface area contributed by atoms with Crippen LogP contribution >= 0.6 is 0 Å². The number of hydrogen-bond acceptors (Lipinski definition) is 9. The number of rotatable bonds is 10. The maximum Gasteiger partial charge on any atom is 0.257 e. The first kappa shape index (κ1) is 34.4. The molecule has 1 spiro atoms. The van der Waals surface area contributed by atoms with Gasteiger partial charge in [-0.1, -0.05) is 36.4 Å². The van der Waals surface area contributed by atoms with Gasteiger partial charge in [0.15, 0.2) is 5.75 Å². The number of likely N-dealkylation sites (tertiary alicyclic amines) is 1. The Labute approximate surface area is 292 Å². The number of ether oxygens (including phenoxy) is 2. The highest BCUT2D eigenvalue weighted by Crippen LogP contribution is 2.42. The van der Waals surface area contributed by atoms with Crippen molar-refractivity contribution in [2.75, 3.05) is 65.4 Å². The predicted molar refractivity (Wildman–Crippen MR) is 193 cm³/mol. The number of nitrogens with two attached hydrogens (primary N) is 1. The number of aryl methyl sites for hydroxylation is 1. The molecule has 3 N–H and O–H groups in total. The number of amides is 2. The molecular weight excluding hydrogens is 634 g/mol. The lowest BCUT2D eigenvalue weighted by atomic mass is 9.85. The number of amidine groups is 1. The molecule has 0 bridgehead atoms.